The van der Waals surface area contributed by atoms with Gasteiger partial charge in [-0.25, -0.2) is 0 Å². The number of ether oxygens (including phenoxy) is 2. The summed E-state index contributed by atoms with van der Waals surface area (Å²) < 4.78 is 17.2. The van der Waals surface area contributed by atoms with Gasteiger partial charge in [-0.15, -0.1) is 0 Å². The molecule has 5 nitrogen and oxygen atoms in total. The Morgan fingerprint density at radius 1 is 1.15 bits per heavy atom. The van der Waals surface area contributed by atoms with Crippen molar-refractivity contribution in [2.75, 3.05) is 26.9 Å². The second-order valence-corrected chi connectivity index (χ2v) is 6.48. The van der Waals surface area contributed by atoms with E-state index in [1.54, 1.807) is 7.11 Å². The zero-order valence-electron chi connectivity index (χ0n) is 15.7. The molecule has 0 fully saturated rings. The van der Waals surface area contributed by atoms with Crippen molar-refractivity contribution < 1.29 is 24.1 Å². The van der Waals surface area contributed by atoms with Crippen molar-refractivity contribution in [3.63, 3.8) is 0 Å². The lowest BCUT2D eigenvalue weighted by Gasteiger charge is -2.11. The summed E-state index contributed by atoms with van der Waals surface area (Å²) in [7, 11) is 1.64. The van der Waals surface area contributed by atoms with E-state index in [2.05, 4.69) is 11.8 Å². The van der Waals surface area contributed by atoms with Crippen LogP contribution >= 0.6 is 0 Å². The van der Waals surface area contributed by atoms with Gasteiger partial charge in [0.2, 0.25) is 0 Å². The Hall–Kier alpha value is -2.26. The summed E-state index contributed by atoms with van der Waals surface area (Å²) in [5, 5.41) is 18.0. The topological polar surface area (TPSA) is 72.1 Å². The summed E-state index contributed by atoms with van der Waals surface area (Å²) in [5.41, 5.74) is 2.84. The van der Waals surface area contributed by atoms with E-state index in [0.29, 0.717) is 6.61 Å². The van der Waals surface area contributed by atoms with Gasteiger partial charge in [0.1, 0.15) is 17.3 Å². The van der Waals surface area contributed by atoms with Gasteiger partial charge in [-0.3, -0.25) is 0 Å². The Morgan fingerprint density at radius 2 is 1.96 bits per heavy atom. The van der Waals surface area contributed by atoms with Crippen molar-refractivity contribution in [2.45, 2.75) is 38.2 Å². The summed E-state index contributed by atoms with van der Waals surface area (Å²) in [6.45, 7) is 0.491. The van der Waals surface area contributed by atoms with Crippen molar-refractivity contribution in [3.05, 3.63) is 41.2 Å². The van der Waals surface area contributed by atoms with E-state index in [4.69, 9.17) is 24.1 Å². The van der Waals surface area contributed by atoms with Crippen LogP contribution in [-0.2, 0) is 11.2 Å². The minimum Gasteiger partial charge on any atom is -0.497 e. The summed E-state index contributed by atoms with van der Waals surface area (Å²) in [6, 6.07) is 7.74. The third-order valence-corrected chi connectivity index (χ3v) is 4.66. The van der Waals surface area contributed by atoms with Crippen LogP contribution in [-0.4, -0.2) is 37.1 Å². The van der Waals surface area contributed by atoms with Gasteiger partial charge in [0, 0.05) is 30.6 Å². The van der Waals surface area contributed by atoms with Crippen LogP contribution in [0.25, 0.3) is 11.3 Å². The summed E-state index contributed by atoms with van der Waals surface area (Å²) >= 11 is 0. The zero-order valence-corrected chi connectivity index (χ0v) is 15.7. The molecule has 1 unspecified atom stereocenters. The lowest BCUT2D eigenvalue weighted by molar-refractivity contribution is 0.0289. The monoisotopic (exact) mass is 370 g/mol. The molecule has 1 atom stereocenters. The molecule has 0 aliphatic heterocycles. The SMILES string of the molecule is COc1ccc(-c2oc3c(c2C#CCCCCO)C(OCCO)CC3)cc1. The number of hydrogen-bond donors (Lipinski definition) is 2. The van der Waals surface area contributed by atoms with E-state index in [9.17, 15) is 0 Å². The summed E-state index contributed by atoms with van der Waals surface area (Å²) in [5.74, 6) is 8.97. The maximum atomic E-state index is 9.09. The molecule has 0 saturated heterocycles. The maximum Gasteiger partial charge on any atom is 0.150 e. The lowest BCUT2D eigenvalue weighted by Crippen LogP contribution is -2.05. The van der Waals surface area contributed by atoms with E-state index in [-0.39, 0.29) is 19.3 Å². The van der Waals surface area contributed by atoms with Crippen LogP contribution in [0.5, 0.6) is 5.75 Å². The molecular weight excluding hydrogens is 344 g/mol. The van der Waals surface area contributed by atoms with Crippen molar-refractivity contribution in [3.8, 4) is 28.9 Å². The highest BCUT2D eigenvalue weighted by Crippen LogP contribution is 2.43. The molecule has 0 spiro atoms. The molecule has 1 aromatic heterocycles. The first kappa shape index (κ1) is 19.5. The first-order valence-corrected chi connectivity index (χ1v) is 9.40. The first-order valence-electron chi connectivity index (χ1n) is 9.40. The van der Waals surface area contributed by atoms with Crippen LogP contribution in [0, 0.1) is 11.8 Å². The lowest BCUT2D eigenvalue weighted by atomic mass is 10.0. The quantitative estimate of drug-likeness (QED) is 0.550. The largest absolute Gasteiger partial charge is 0.497 e. The molecule has 0 radical (unpaired) electrons. The fraction of sp³-hybridized carbons (Fsp3) is 0.455. The fourth-order valence-corrected chi connectivity index (χ4v) is 3.33. The van der Waals surface area contributed by atoms with Gasteiger partial charge in [0.15, 0.2) is 0 Å². The third-order valence-electron chi connectivity index (χ3n) is 4.66. The molecule has 1 aliphatic carbocycles. The summed E-state index contributed by atoms with van der Waals surface area (Å²) in [4.78, 5) is 0. The summed E-state index contributed by atoms with van der Waals surface area (Å²) in [6.07, 6.45) is 3.91. The van der Waals surface area contributed by atoms with Crippen LogP contribution in [0.2, 0.25) is 0 Å². The van der Waals surface area contributed by atoms with Crippen LogP contribution < -0.4 is 4.74 Å². The van der Waals surface area contributed by atoms with Crippen LogP contribution in [0.15, 0.2) is 28.7 Å². The molecule has 0 amide bonds. The molecule has 3 rings (SSSR count). The van der Waals surface area contributed by atoms with Crippen molar-refractivity contribution in [1.82, 2.24) is 0 Å². The molecule has 5 heteroatoms. The zero-order chi connectivity index (χ0) is 19.1. The smallest absolute Gasteiger partial charge is 0.150 e. The van der Waals surface area contributed by atoms with Gasteiger partial charge >= 0.3 is 0 Å². The van der Waals surface area contributed by atoms with E-state index < -0.39 is 0 Å². The second-order valence-electron chi connectivity index (χ2n) is 6.48. The number of hydrogen-bond acceptors (Lipinski definition) is 5. The Kier molecular flexibility index (Phi) is 6.94. The van der Waals surface area contributed by atoms with E-state index in [0.717, 1.165) is 66.1 Å². The molecule has 2 N–H and O–H groups in total. The van der Waals surface area contributed by atoms with E-state index in [1.807, 2.05) is 24.3 Å². The van der Waals surface area contributed by atoms with E-state index in [1.165, 1.54) is 0 Å². The molecule has 1 aliphatic rings. The van der Waals surface area contributed by atoms with Crippen molar-refractivity contribution >= 4 is 0 Å². The van der Waals surface area contributed by atoms with Crippen LogP contribution in [0.3, 0.4) is 0 Å². The number of unbranched alkanes of at least 4 members (excludes halogenated alkanes) is 2. The Balaban J connectivity index is 1.94. The maximum absolute atomic E-state index is 9.09. The number of fused-ring (bicyclic) bond motifs is 1. The molecule has 0 bridgehead atoms. The highest BCUT2D eigenvalue weighted by Gasteiger charge is 2.32. The number of aliphatic hydroxyl groups excluding tert-OH is 2. The van der Waals surface area contributed by atoms with Gasteiger partial charge in [-0.2, -0.15) is 0 Å². The number of rotatable bonds is 8. The van der Waals surface area contributed by atoms with Gasteiger partial charge in [0.25, 0.3) is 0 Å². The molecule has 2 aromatic rings. The normalized spacial score (nSPS) is 15.3. The number of aliphatic hydroxyl groups is 2. The van der Waals surface area contributed by atoms with E-state index >= 15 is 0 Å². The highest BCUT2D eigenvalue weighted by molar-refractivity contribution is 5.70. The Bertz CT molecular complexity index is 795. The first-order chi connectivity index (χ1) is 13.3. The van der Waals surface area contributed by atoms with Gasteiger partial charge < -0.3 is 24.1 Å². The predicted molar refractivity (Wildman–Crippen MR) is 103 cm³/mol. The fourth-order valence-electron chi connectivity index (χ4n) is 3.33. The average Bonchev–Trinajstić information content (AvgIpc) is 3.26. The number of benzene rings is 1. The highest BCUT2D eigenvalue weighted by atomic mass is 16.5. The van der Waals surface area contributed by atoms with Crippen molar-refractivity contribution in [2.24, 2.45) is 0 Å². The molecule has 27 heavy (non-hydrogen) atoms. The Morgan fingerprint density at radius 3 is 2.67 bits per heavy atom. The predicted octanol–water partition coefficient (Wildman–Crippen LogP) is 3.47. The standard InChI is InChI=1S/C22H26O5/c1-25-17-9-7-16(8-10-17)22-18(6-4-2-3-5-13-23)21-19(26-15-14-24)11-12-20(21)27-22/h7-10,19,23-24H,2-3,5,11-15H2,1H3. The van der Waals surface area contributed by atoms with Crippen LogP contribution in [0.1, 0.15) is 48.7 Å². The van der Waals surface area contributed by atoms with Gasteiger partial charge in [0.05, 0.1) is 32.0 Å². The second kappa shape index (κ2) is 9.61. The molecule has 144 valence electrons. The minimum absolute atomic E-state index is 0.00278. The number of methoxy groups -OCH3 is 1. The third kappa shape index (κ3) is 4.54. The minimum atomic E-state index is -0.0929. The van der Waals surface area contributed by atoms with Gasteiger partial charge in [-0.1, -0.05) is 11.8 Å². The van der Waals surface area contributed by atoms with Crippen molar-refractivity contribution in [1.29, 1.82) is 0 Å². The average molecular weight is 370 g/mol. The molecule has 0 saturated carbocycles. The number of aryl methyl sites for hydroxylation is 1. The molecule has 1 aromatic carbocycles. The number of furan rings is 1. The molecular formula is C22H26O5. The van der Waals surface area contributed by atoms with Gasteiger partial charge in [-0.05, 0) is 43.5 Å². The van der Waals surface area contributed by atoms with Crippen LogP contribution in [0.4, 0.5) is 0 Å². The Labute approximate surface area is 159 Å². The molecule has 1 heterocycles.